The zero-order valence-corrected chi connectivity index (χ0v) is 9.44. The molecule has 1 atom stereocenters. The molecule has 0 aliphatic heterocycles. The Balaban J connectivity index is 2.10. The summed E-state index contributed by atoms with van der Waals surface area (Å²) in [5.41, 5.74) is 6.04. The fraction of sp³-hybridized carbons (Fsp3) is 0.667. The van der Waals surface area contributed by atoms with E-state index in [1.165, 1.54) is 18.0 Å². The Morgan fingerprint density at radius 3 is 2.79 bits per heavy atom. The SMILES string of the molecule is COc1c(N)nsc1NC1CC1(C)C. The number of nitrogen functional groups attached to an aromatic ring is 1. The van der Waals surface area contributed by atoms with Crippen LogP contribution in [0, 0.1) is 5.41 Å². The Morgan fingerprint density at radius 1 is 1.64 bits per heavy atom. The summed E-state index contributed by atoms with van der Waals surface area (Å²) < 4.78 is 9.22. The smallest absolute Gasteiger partial charge is 0.197 e. The van der Waals surface area contributed by atoms with E-state index in [1.807, 2.05) is 0 Å². The molecule has 2 rings (SSSR count). The molecule has 14 heavy (non-hydrogen) atoms. The minimum absolute atomic E-state index is 0.393. The first-order valence-corrected chi connectivity index (χ1v) is 5.37. The van der Waals surface area contributed by atoms with Gasteiger partial charge in [-0.2, -0.15) is 4.37 Å². The van der Waals surface area contributed by atoms with Crippen molar-refractivity contribution in [3.63, 3.8) is 0 Å². The average molecular weight is 213 g/mol. The number of anilines is 2. The van der Waals surface area contributed by atoms with Gasteiger partial charge in [0.2, 0.25) is 0 Å². The van der Waals surface area contributed by atoms with Gasteiger partial charge in [0.1, 0.15) is 0 Å². The third kappa shape index (κ3) is 1.52. The molecule has 0 aromatic carbocycles. The highest BCUT2D eigenvalue weighted by molar-refractivity contribution is 7.11. The molecule has 0 radical (unpaired) electrons. The maximum atomic E-state index is 5.65. The van der Waals surface area contributed by atoms with Crippen LogP contribution in [-0.2, 0) is 0 Å². The summed E-state index contributed by atoms with van der Waals surface area (Å²) in [4.78, 5) is 0. The Morgan fingerprint density at radius 2 is 2.29 bits per heavy atom. The normalized spacial score (nSPS) is 23.2. The van der Waals surface area contributed by atoms with E-state index in [0.29, 0.717) is 23.0 Å². The van der Waals surface area contributed by atoms with Crippen molar-refractivity contribution in [2.75, 3.05) is 18.2 Å². The molecule has 3 N–H and O–H groups in total. The van der Waals surface area contributed by atoms with Crippen LogP contribution >= 0.6 is 11.5 Å². The summed E-state index contributed by atoms with van der Waals surface area (Å²) >= 11 is 1.36. The highest BCUT2D eigenvalue weighted by Gasteiger charge is 2.46. The molecule has 1 fully saturated rings. The van der Waals surface area contributed by atoms with Crippen molar-refractivity contribution >= 4 is 22.4 Å². The van der Waals surface area contributed by atoms with Gasteiger partial charge < -0.3 is 15.8 Å². The molecule has 1 aliphatic carbocycles. The Labute approximate surface area is 87.6 Å². The molecule has 1 heterocycles. The van der Waals surface area contributed by atoms with Crippen LogP contribution in [0.2, 0.25) is 0 Å². The lowest BCUT2D eigenvalue weighted by Crippen LogP contribution is -2.08. The van der Waals surface area contributed by atoms with Gasteiger partial charge in [0, 0.05) is 6.04 Å². The third-order valence-electron chi connectivity index (χ3n) is 2.70. The predicted molar refractivity (Wildman–Crippen MR) is 58.9 cm³/mol. The summed E-state index contributed by atoms with van der Waals surface area (Å²) in [6, 6.07) is 0.524. The number of hydrogen-bond donors (Lipinski definition) is 2. The molecular weight excluding hydrogens is 198 g/mol. The van der Waals surface area contributed by atoms with E-state index in [2.05, 4.69) is 23.5 Å². The number of ether oxygens (including phenoxy) is 1. The van der Waals surface area contributed by atoms with Crippen LogP contribution in [0.1, 0.15) is 20.3 Å². The van der Waals surface area contributed by atoms with Crippen LogP contribution in [0.15, 0.2) is 0 Å². The number of nitrogens with one attached hydrogen (secondary N) is 1. The highest BCUT2D eigenvalue weighted by Crippen LogP contribution is 2.48. The summed E-state index contributed by atoms with van der Waals surface area (Å²) in [5, 5.41) is 4.34. The monoisotopic (exact) mass is 213 g/mol. The van der Waals surface area contributed by atoms with E-state index < -0.39 is 0 Å². The summed E-state index contributed by atoms with van der Waals surface area (Å²) in [6.07, 6.45) is 1.19. The molecule has 0 saturated heterocycles. The molecule has 4 nitrogen and oxygen atoms in total. The Bertz CT molecular complexity index is 348. The molecule has 1 aromatic heterocycles. The minimum atomic E-state index is 0.393. The first kappa shape index (κ1) is 9.58. The van der Waals surface area contributed by atoms with Gasteiger partial charge in [0.05, 0.1) is 7.11 Å². The first-order valence-electron chi connectivity index (χ1n) is 4.60. The maximum absolute atomic E-state index is 5.65. The lowest BCUT2D eigenvalue weighted by Gasteiger charge is -2.07. The van der Waals surface area contributed by atoms with Gasteiger partial charge in [-0.25, -0.2) is 0 Å². The molecule has 1 aromatic rings. The molecular formula is C9H15N3OS. The summed E-state index contributed by atoms with van der Waals surface area (Å²) in [6.45, 7) is 4.48. The van der Waals surface area contributed by atoms with Crippen molar-refractivity contribution in [1.29, 1.82) is 0 Å². The van der Waals surface area contributed by atoms with Crippen LogP contribution in [-0.4, -0.2) is 17.5 Å². The minimum Gasteiger partial charge on any atom is -0.490 e. The summed E-state index contributed by atoms with van der Waals surface area (Å²) in [5.74, 6) is 1.15. The van der Waals surface area contributed by atoms with Crippen molar-refractivity contribution in [2.45, 2.75) is 26.3 Å². The number of nitrogens with zero attached hydrogens (tertiary/aromatic N) is 1. The quantitative estimate of drug-likeness (QED) is 0.805. The lowest BCUT2D eigenvalue weighted by molar-refractivity contribution is 0.419. The molecule has 0 amide bonds. The van der Waals surface area contributed by atoms with Crippen molar-refractivity contribution in [3.05, 3.63) is 0 Å². The average Bonchev–Trinajstić information content (AvgIpc) is 2.55. The molecule has 0 bridgehead atoms. The molecule has 1 unspecified atom stereocenters. The van der Waals surface area contributed by atoms with Crippen LogP contribution in [0.4, 0.5) is 10.8 Å². The molecule has 1 aliphatic rings. The fourth-order valence-electron chi connectivity index (χ4n) is 1.46. The highest BCUT2D eigenvalue weighted by atomic mass is 32.1. The zero-order chi connectivity index (χ0) is 10.3. The van der Waals surface area contributed by atoms with Gasteiger partial charge in [-0.3, -0.25) is 0 Å². The lowest BCUT2D eigenvalue weighted by atomic mass is 10.2. The van der Waals surface area contributed by atoms with Crippen LogP contribution in [0.3, 0.4) is 0 Å². The van der Waals surface area contributed by atoms with E-state index in [1.54, 1.807) is 7.11 Å². The second-order valence-electron chi connectivity index (χ2n) is 4.32. The third-order valence-corrected chi connectivity index (χ3v) is 3.47. The van der Waals surface area contributed by atoms with E-state index in [4.69, 9.17) is 10.5 Å². The second-order valence-corrected chi connectivity index (χ2v) is 5.09. The topological polar surface area (TPSA) is 60.2 Å². The molecule has 5 heteroatoms. The van der Waals surface area contributed by atoms with Gasteiger partial charge in [-0.05, 0) is 23.4 Å². The molecule has 0 spiro atoms. The number of rotatable bonds is 3. The van der Waals surface area contributed by atoms with Gasteiger partial charge in [-0.15, -0.1) is 0 Å². The molecule has 1 saturated carbocycles. The zero-order valence-electron chi connectivity index (χ0n) is 8.63. The summed E-state index contributed by atoms with van der Waals surface area (Å²) in [7, 11) is 1.61. The van der Waals surface area contributed by atoms with Crippen LogP contribution in [0.25, 0.3) is 0 Å². The fourth-order valence-corrected chi connectivity index (χ4v) is 2.19. The standard InChI is InChI=1S/C9H15N3OS/c1-9(2)4-5(9)11-8-6(13-3)7(10)12-14-8/h5,11H,4H2,1-3H3,(H2,10,12). The van der Waals surface area contributed by atoms with Crippen molar-refractivity contribution in [2.24, 2.45) is 5.41 Å². The van der Waals surface area contributed by atoms with Crippen LogP contribution in [0.5, 0.6) is 5.75 Å². The number of aromatic nitrogens is 1. The predicted octanol–water partition coefficient (Wildman–Crippen LogP) is 1.94. The Kier molecular flexibility index (Phi) is 2.06. The van der Waals surface area contributed by atoms with Gasteiger partial charge in [-0.1, -0.05) is 13.8 Å². The van der Waals surface area contributed by atoms with Gasteiger partial charge in [0.25, 0.3) is 0 Å². The van der Waals surface area contributed by atoms with Gasteiger partial charge >= 0.3 is 0 Å². The number of methoxy groups -OCH3 is 1. The number of hydrogen-bond acceptors (Lipinski definition) is 5. The largest absolute Gasteiger partial charge is 0.490 e. The van der Waals surface area contributed by atoms with Crippen LogP contribution < -0.4 is 15.8 Å². The molecule has 78 valence electrons. The van der Waals surface area contributed by atoms with Gasteiger partial charge in [0.15, 0.2) is 16.6 Å². The maximum Gasteiger partial charge on any atom is 0.197 e. The Hall–Kier alpha value is -0.970. The van der Waals surface area contributed by atoms with Crippen molar-refractivity contribution in [3.8, 4) is 5.75 Å². The van der Waals surface area contributed by atoms with E-state index in [0.717, 1.165) is 5.00 Å². The van der Waals surface area contributed by atoms with E-state index >= 15 is 0 Å². The van der Waals surface area contributed by atoms with Crippen molar-refractivity contribution < 1.29 is 4.74 Å². The number of nitrogens with two attached hydrogens (primary N) is 1. The second kappa shape index (κ2) is 3.02. The van der Waals surface area contributed by atoms with E-state index in [-0.39, 0.29) is 0 Å². The van der Waals surface area contributed by atoms with E-state index in [9.17, 15) is 0 Å². The van der Waals surface area contributed by atoms with Crippen molar-refractivity contribution in [1.82, 2.24) is 4.37 Å². The first-order chi connectivity index (χ1) is 6.54.